The summed E-state index contributed by atoms with van der Waals surface area (Å²) < 4.78 is 13.7. The van der Waals surface area contributed by atoms with E-state index in [0.29, 0.717) is 0 Å². The van der Waals surface area contributed by atoms with Gasteiger partial charge in [-0.15, -0.1) is 9.42 Å². The van der Waals surface area contributed by atoms with Gasteiger partial charge in [-0.05, 0) is 0 Å². The second kappa shape index (κ2) is 4.64. The Labute approximate surface area is 46.5 Å². The molecule has 0 fully saturated rings. The zero-order valence-electron chi connectivity index (χ0n) is 3.89. The van der Waals surface area contributed by atoms with Gasteiger partial charge in [0.15, 0.2) is 0 Å². The molecule has 46 valence electrons. The third-order valence-electron chi connectivity index (χ3n) is 0.341. The van der Waals surface area contributed by atoms with Crippen LogP contribution in [-0.2, 0) is 9.09 Å². The van der Waals surface area contributed by atoms with E-state index in [9.17, 15) is 4.57 Å². The van der Waals surface area contributed by atoms with Crippen LogP contribution in [-0.4, -0.2) is 22.9 Å². The van der Waals surface area contributed by atoms with E-state index in [1.807, 2.05) is 0 Å². The van der Waals surface area contributed by atoms with Crippen molar-refractivity contribution in [3.63, 3.8) is 0 Å². The minimum atomic E-state index is -2.56. The molecule has 0 amide bonds. The summed E-state index contributed by atoms with van der Waals surface area (Å²) in [5, 5.41) is 10.2. The summed E-state index contributed by atoms with van der Waals surface area (Å²) in [6, 6.07) is 0. The van der Waals surface area contributed by atoms with Crippen molar-refractivity contribution < 1.29 is 19.2 Å². The zero-order chi connectivity index (χ0) is 6.41. The molecular weight excluding hydrogens is 133 g/mol. The summed E-state index contributed by atoms with van der Waals surface area (Å²) in [4.78, 5) is 7.92. The molecule has 0 aliphatic heterocycles. The molecule has 0 rings (SSSR count). The van der Waals surface area contributed by atoms with Crippen LogP contribution in [0.25, 0.3) is 0 Å². The van der Waals surface area contributed by atoms with Gasteiger partial charge in [-0.25, -0.2) is 0 Å². The quantitative estimate of drug-likeness (QED) is 0.251. The lowest BCUT2D eigenvalue weighted by molar-refractivity contribution is 0.302. The highest BCUT2D eigenvalue weighted by Gasteiger charge is 2.08. The second-order valence-corrected chi connectivity index (χ2v) is 1.57. The molecule has 0 saturated carbocycles. The monoisotopic (exact) mass is 138 g/mol. The zero-order valence-corrected chi connectivity index (χ0v) is 4.78. The van der Waals surface area contributed by atoms with E-state index >= 15 is 0 Å². The molecular formula is C2H5NO4P+. The normalized spacial score (nSPS) is 12.4. The number of rotatable bonds is 3. The van der Waals surface area contributed by atoms with Crippen LogP contribution in [0.4, 0.5) is 0 Å². The fourth-order valence-corrected chi connectivity index (χ4v) is 0.325. The lowest BCUT2D eigenvalue weighted by Crippen LogP contribution is -1.85. The molecule has 6 heteroatoms. The summed E-state index contributed by atoms with van der Waals surface area (Å²) in [6.07, 6.45) is 0.962. The standard InChI is InChI=1S/C2H4NO4P/c4-3-1-2-7-8(5)6/h1H,2H2,(H-,4,5,6)/p+1. The van der Waals surface area contributed by atoms with Gasteiger partial charge in [0.2, 0.25) is 0 Å². The third kappa shape index (κ3) is 5.49. The van der Waals surface area contributed by atoms with Crippen LogP contribution in [0, 0.1) is 0 Å². The number of oxime groups is 1. The summed E-state index contributed by atoms with van der Waals surface area (Å²) >= 11 is 0. The Bertz CT molecular complexity index is 102. The molecule has 0 aliphatic carbocycles. The third-order valence-corrected chi connectivity index (χ3v) is 0.711. The summed E-state index contributed by atoms with van der Waals surface area (Å²) in [6.45, 7) is -0.151. The van der Waals surface area contributed by atoms with Crippen molar-refractivity contribution in [1.82, 2.24) is 0 Å². The van der Waals surface area contributed by atoms with Gasteiger partial charge in [0.05, 0.1) is 6.21 Å². The van der Waals surface area contributed by atoms with Crippen LogP contribution in [0.5, 0.6) is 0 Å². The van der Waals surface area contributed by atoms with Crippen molar-refractivity contribution in [2.24, 2.45) is 5.16 Å². The number of hydrogen-bond donors (Lipinski definition) is 2. The van der Waals surface area contributed by atoms with Gasteiger partial charge in [-0.1, -0.05) is 5.16 Å². The fraction of sp³-hybridized carbons (Fsp3) is 0.500. The van der Waals surface area contributed by atoms with Crippen LogP contribution >= 0.6 is 8.25 Å². The van der Waals surface area contributed by atoms with E-state index in [4.69, 9.17) is 10.1 Å². The first-order valence-corrected chi connectivity index (χ1v) is 2.85. The van der Waals surface area contributed by atoms with Crippen molar-refractivity contribution in [2.75, 3.05) is 6.61 Å². The van der Waals surface area contributed by atoms with Crippen LogP contribution in [0.2, 0.25) is 0 Å². The molecule has 0 aliphatic rings. The molecule has 0 aromatic rings. The first kappa shape index (κ1) is 7.49. The van der Waals surface area contributed by atoms with Crippen LogP contribution in [0.15, 0.2) is 5.16 Å². The van der Waals surface area contributed by atoms with E-state index in [0.717, 1.165) is 6.21 Å². The topological polar surface area (TPSA) is 79.1 Å². The van der Waals surface area contributed by atoms with Gasteiger partial charge in [-0.2, -0.15) is 0 Å². The molecule has 2 N–H and O–H groups in total. The van der Waals surface area contributed by atoms with E-state index in [1.54, 1.807) is 0 Å². The highest BCUT2D eigenvalue weighted by atomic mass is 31.1. The average Bonchev–Trinajstić information content (AvgIpc) is 1.66. The molecule has 0 spiro atoms. The minimum Gasteiger partial charge on any atom is -0.411 e. The van der Waals surface area contributed by atoms with E-state index < -0.39 is 8.25 Å². The Kier molecular flexibility index (Phi) is 4.35. The Hall–Kier alpha value is -0.510. The van der Waals surface area contributed by atoms with Crippen molar-refractivity contribution in [3.8, 4) is 0 Å². The maximum Gasteiger partial charge on any atom is 0.695 e. The van der Waals surface area contributed by atoms with Gasteiger partial charge in [0.1, 0.15) is 6.61 Å². The van der Waals surface area contributed by atoms with Crippen molar-refractivity contribution >= 4 is 14.5 Å². The van der Waals surface area contributed by atoms with Gasteiger partial charge < -0.3 is 5.21 Å². The van der Waals surface area contributed by atoms with Gasteiger partial charge >= 0.3 is 8.25 Å². The Morgan fingerprint density at radius 1 is 1.88 bits per heavy atom. The molecule has 5 nitrogen and oxygen atoms in total. The molecule has 0 bridgehead atoms. The SMILES string of the molecule is O=[P+](O)OCC=NO. The van der Waals surface area contributed by atoms with Crippen LogP contribution in [0.1, 0.15) is 0 Å². The van der Waals surface area contributed by atoms with Crippen LogP contribution in [0.3, 0.4) is 0 Å². The summed E-state index contributed by atoms with van der Waals surface area (Å²) in [5.41, 5.74) is 0. The maximum absolute atomic E-state index is 9.66. The minimum absolute atomic E-state index is 0.151. The van der Waals surface area contributed by atoms with E-state index in [-0.39, 0.29) is 6.61 Å². The van der Waals surface area contributed by atoms with Gasteiger partial charge in [0, 0.05) is 4.57 Å². The predicted molar refractivity (Wildman–Crippen MR) is 26.1 cm³/mol. The molecule has 1 atom stereocenters. The molecule has 8 heavy (non-hydrogen) atoms. The fourth-order valence-electron chi connectivity index (χ4n) is 0.130. The molecule has 0 aromatic carbocycles. The lowest BCUT2D eigenvalue weighted by atomic mass is 10.8. The van der Waals surface area contributed by atoms with Crippen molar-refractivity contribution in [1.29, 1.82) is 0 Å². The highest BCUT2D eigenvalue weighted by molar-refractivity contribution is 7.32. The van der Waals surface area contributed by atoms with Gasteiger partial charge in [0.25, 0.3) is 0 Å². The highest BCUT2D eigenvalue weighted by Crippen LogP contribution is 2.12. The average molecular weight is 138 g/mol. The van der Waals surface area contributed by atoms with Crippen LogP contribution < -0.4 is 0 Å². The molecule has 0 heterocycles. The van der Waals surface area contributed by atoms with Crippen molar-refractivity contribution in [3.05, 3.63) is 0 Å². The Morgan fingerprint density at radius 2 is 2.50 bits per heavy atom. The molecule has 0 saturated heterocycles. The predicted octanol–water partition coefficient (Wildman–Crippen LogP) is 0.113. The number of hydrogen-bond acceptors (Lipinski definition) is 4. The maximum atomic E-state index is 9.66. The van der Waals surface area contributed by atoms with Crippen molar-refractivity contribution in [2.45, 2.75) is 0 Å². The Balaban J connectivity index is 3.05. The molecule has 0 radical (unpaired) electrons. The van der Waals surface area contributed by atoms with E-state index in [1.165, 1.54) is 0 Å². The number of nitrogens with zero attached hydrogens (tertiary/aromatic N) is 1. The largest absolute Gasteiger partial charge is 0.695 e. The second-order valence-electron chi connectivity index (χ2n) is 0.832. The first-order chi connectivity index (χ1) is 3.77. The Morgan fingerprint density at radius 3 is 2.88 bits per heavy atom. The summed E-state index contributed by atoms with van der Waals surface area (Å²) in [5.74, 6) is 0. The lowest BCUT2D eigenvalue weighted by Gasteiger charge is -1.73. The van der Waals surface area contributed by atoms with E-state index in [2.05, 4.69) is 9.68 Å². The summed E-state index contributed by atoms with van der Waals surface area (Å²) in [7, 11) is -2.56. The smallest absolute Gasteiger partial charge is 0.411 e. The first-order valence-electron chi connectivity index (χ1n) is 1.72. The molecule has 0 aromatic heterocycles. The molecule has 1 unspecified atom stereocenters. The van der Waals surface area contributed by atoms with Gasteiger partial charge in [-0.3, -0.25) is 0 Å².